The van der Waals surface area contributed by atoms with Crippen molar-refractivity contribution in [1.82, 2.24) is 10.3 Å². The van der Waals surface area contributed by atoms with Gasteiger partial charge in [-0.15, -0.1) is 0 Å². The van der Waals surface area contributed by atoms with Gasteiger partial charge >= 0.3 is 5.97 Å². The van der Waals surface area contributed by atoms with Crippen LogP contribution in [0.25, 0.3) is 10.9 Å². The van der Waals surface area contributed by atoms with Crippen LogP contribution < -0.4 is 10.1 Å². The van der Waals surface area contributed by atoms with Gasteiger partial charge < -0.3 is 15.2 Å². The summed E-state index contributed by atoms with van der Waals surface area (Å²) < 4.78 is 6.29. The van der Waals surface area contributed by atoms with Crippen LogP contribution >= 0.6 is 0 Å². The van der Waals surface area contributed by atoms with Gasteiger partial charge in [0.25, 0.3) is 0 Å². The van der Waals surface area contributed by atoms with Crippen molar-refractivity contribution in [2.75, 3.05) is 6.54 Å². The van der Waals surface area contributed by atoms with E-state index in [0.29, 0.717) is 24.6 Å². The van der Waals surface area contributed by atoms with Crippen LogP contribution in [0.4, 0.5) is 0 Å². The van der Waals surface area contributed by atoms with Gasteiger partial charge in [-0.25, -0.2) is 0 Å². The molecule has 1 aromatic carbocycles. The molecule has 0 amide bonds. The number of hydrogen-bond donors (Lipinski definition) is 2. The molecule has 0 atom stereocenters. The molecule has 3 rings (SSSR count). The Labute approximate surface area is 173 Å². The standard InChI is InChI=1S/C24H34N2O3/c1-4-24(2,3)18-6-9-20(10-7-18)29-21-11-12-22-17(15-21)5-8-19(26-22)16-25-14-13-23(27)28/h5,8,11-12,15,18,20,25H,4,6-7,9-10,13-14,16H2,1-3H3,(H,27,28)/t18-,20-. The molecule has 1 fully saturated rings. The number of aliphatic carboxylic acids is 1. The highest BCUT2D eigenvalue weighted by Gasteiger charge is 2.32. The highest BCUT2D eigenvalue weighted by atomic mass is 16.5. The quantitative estimate of drug-likeness (QED) is 0.570. The van der Waals surface area contributed by atoms with E-state index >= 15 is 0 Å². The maximum Gasteiger partial charge on any atom is 0.304 e. The van der Waals surface area contributed by atoms with Crippen molar-refractivity contribution in [3.8, 4) is 5.75 Å². The first-order chi connectivity index (χ1) is 13.9. The fourth-order valence-corrected chi connectivity index (χ4v) is 4.17. The lowest BCUT2D eigenvalue weighted by atomic mass is 9.69. The van der Waals surface area contributed by atoms with Gasteiger partial charge in [0.2, 0.25) is 0 Å². The molecule has 0 bridgehead atoms. The van der Waals surface area contributed by atoms with Gasteiger partial charge in [-0.3, -0.25) is 9.78 Å². The number of benzene rings is 1. The third-order valence-electron chi connectivity index (χ3n) is 6.53. The summed E-state index contributed by atoms with van der Waals surface area (Å²) in [6.45, 7) is 8.10. The molecule has 2 N–H and O–H groups in total. The van der Waals surface area contributed by atoms with Crippen molar-refractivity contribution in [2.24, 2.45) is 11.3 Å². The molecule has 0 radical (unpaired) electrons. The van der Waals surface area contributed by atoms with Gasteiger partial charge in [0.1, 0.15) is 5.75 Å². The maximum absolute atomic E-state index is 10.6. The van der Waals surface area contributed by atoms with E-state index in [9.17, 15) is 4.79 Å². The third kappa shape index (κ3) is 5.92. The number of nitrogens with zero attached hydrogens (tertiary/aromatic N) is 1. The number of carbonyl (C=O) groups is 1. The third-order valence-corrected chi connectivity index (χ3v) is 6.53. The highest BCUT2D eigenvalue weighted by molar-refractivity contribution is 5.80. The van der Waals surface area contributed by atoms with E-state index < -0.39 is 5.97 Å². The van der Waals surface area contributed by atoms with Crippen LogP contribution in [0.1, 0.15) is 65.0 Å². The molecule has 29 heavy (non-hydrogen) atoms. The summed E-state index contributed by atoms with van der Waals surface area (Å²) in [7, 11) is 0. The number of carboxylic acids is 1. The number of carboxylic acid groups (broad SMARTS) is 1. The number of rotatable bonds is 9. The predicted molar refractivity (Wildman–Crippen MR) is 116 cm³/mol. The van der Waals surface area contributed by atoms with Gasteiger partial charge in [0, 0.05) is 18.5 Å². The minimum Gasteiger partial charge on any atom is -0.490 e. The average Bonchev–Trinajstić information content (AvgIpc) is 2.71. The Hall–Kier alpha value is -2.14. The first-order valence-electron chi connectivity index (χ1n) is 10.9. The summed E-state index contributed by atoms with van der Waals surface area (Å²) >= 11 is 0. The van der Waals surface area contributed by atoms with Crippen molar-refractivity contribution < 1.29 is 14.6 Å². The van der Waals surface area contributed by atoms with E-state index in [0.717, 1.165) is 41.1 Å². The number of pyridine rings is 1. The first-order valence-corrected chi connectivity index (χ1v) is 10.9. The zero-order chi connectivity index (χ0) is 20.9. The van der Waals surface area contributed by atoms with Crippen molar-refractivity contribution in [1.29, 1.82) is 0 Å². The molecule has 158 valence electrons. The minimum atomic E-state index is -0.793. The van der Waals surface area contributed by atoms with Crippen LogP contribution in [0.15, 0.2) is 30.3 Å². The van der Waals surface area contributed by atoms with E-state index in [2.05, 4.69) is 43.2 Å². The first kappa shape index (κ1) is 21.6. The van der Waals surface area contributed by atoms with E-state index in [-0.39, 0.29) is 6.42 Å². The topological polar surface area (TPSA) is 71.5 Å². The summed E-state index contributed by atoms with van der Waals surface area (Å²) in [5, 5.41) is 12.9. The molecule has 1 aliphatic carbocycles. The number of fused-ring (bicyclic) bond motifs is 1. The Bertz CT molecular complexity index is 826. The Kier molecular flexibility index (Phi) is 7.12. The van der Waals surface area contributed by atoms with E-state index in [1.807, 2.05) is 18.2 Å². The second-order valence-corrected chi connectivity index (χ2v) is 8.91. The zero-order valence-electron chi connectivity index (χ0n) is 17.9. The van der Waals surface area contributed by atoms with Crippen molar-refractivity contribution in [3.63, 3.8) is 0 Å². The van der Waals surface area contributed by atoms with Crippen molar-refractivity contribution in [3.05, 3.63) is 36.0 Å². The van der Waals surface area contributed by atoms with E-state index in [4.69, 9.17) is 9.84 Å². The number of aromatic nitrogens is 1. The molecule has 0 spiro atoms. The Morgan fingerprint density at radius 2 is 1.97 bits per heavy atom. The molecular formula is C24H34N2O3. The fourth-order valence-electron chi connectivity index (χ4n) is 4.17. The minimum absolute atomic E-state index is 0.117. The second kappa shape index (κ2) is 9.57. The Balaban J connectivity index is 1.55. The van der Waals surface area contributed by atoms with E-state index in [1.54, 1.807) is 0 Å². The summed E-state index contributed by atoms with van der Waals surface area (Å²) in [5.41, 5.74) is 2.27. The molecule has 0 saturated heterocycles. The lowest BCUT2D eigenvalue weighted by Gasteiger charge is -2.38. The Morgan fingerprint density at radius 3 is 2.66 bits per heavy atom. The van der Waals surface area contributed by atoms with Gasteiger partial charge in [-0.05, 0) is 61.3 Å². The summed E-state index contributed by atoms with van der Waals surface area (Å²) in [6.07, 6.45) is 6.42. The van der Waals surface area contributed by atoms with Gasteiger partial charge in [-0.2, -0.15) is 0 Å². The molecule has 1 heterocycles. The summed E-state index contributed by atoms with van der Waals surface area (Å²) in [4.78, 5) is 15.2. The molecule has 2 aromatic rings. The number of ether oxygens (including phenoxy) is 1. The van der Waals surface area contributed by atoms with Crippen molar-refractivity contribution >= 4 is 16.9 Å². The zero-order valence-corrected chi connectivity index (χ0v) is 17.9. The Morgan fingerprint density at radius 1 is 1.21 bits per heavy atom. The van der Waals surface area contributed by atoms with Gasteiger partial charge in [-0.1, -0.05) is 33.3 Å². The summed E-state index contributed by atoms with van der Waals surface area (Å²) in [6, 6.07) is 10.1. The normalized spacial score (nSPS) is 20.0. The second-order valence-electron chi connectivity index (χ2n) is 8.91. The summed E-state index contributed by atoms with van der Waals surface area (Å²) in [5.74, 6) is 0.930. The lowest BCUT2D eigenvalue weighted by Crippen LogP contribution is -2.31. The van der Waals surface area contributed by atoms with Crippen LogP contribution in [0.2, 0.25) is 0 Å². The highest BCUT2D eigenvalue weighted by Crippen LogP contribution is 2.41. The largest absolute Gasteiger partial charge is 0.490 e. The molecule has 5 heteroatoms. The van der Waals surface area contributed by atoms with Crippen LogP contribution in [-0.2, 0) is 11.3 Å². The molecule has 1 aromatic heterocycles. The SMILES string of the molecule is CCC(C)(C)[C@H]1CC[C@H](Oc2ccc3nc(CNCCC(=O)O)ccc3c2)CC1. The van der Waals surface area contributed by atoms with Crippen LogP contribution in [-0.4, -0.2) is 28.7 Å². The predicted octanol–water partition coefficient (Wildman–Crippen LogP) is 5.17. The average molecular weight is 399 g/mol. The number of nitrogens with one attached hydrogen (secondary N) is 1. The van der Waals surface area contributed by atoms with Crippen LogP contribution in [0.3, 0.4) is 0 Å². The molecule has 1 aliphatic rings. The molecule has 0 aliphatic heterocycles. The van der Waals surface area contributed by atoms with Gasteiger partial charge in [0.05, 0.1) is 23.7 Å². The van der Waals surface area contributed by atoms with Crippen LogP contribution in [0, 0.1) is 11.3 Å². The van der Waals surface area contributed by atoms with Crippen LogP contribution in [0.5, 0.6) is 5.75 Å². The smallest absolute Gasteiger partial charge is 0.304 e. The van der Waals surface area contributed by atoms with Gasteiger partial charge in [0.15, 0.2) is 0 Å². The lowest BCUT2D eigenvalue weighted by molar-refractivity contribution is -0.136. The maximum atomic E-state index is 10.6. The molecule has 0 unspecified atom stereocenters. The molecular weight excluding hydrogens is 364 g/mol. The number of hydrogen-bond acceptors (Lipinski definition) is 4. The van der Waals surface area contributed by atoms with E-state index in [1.165, 1.54) is 19.3 Å². The molecule has 1 saturated carbocycles. The fraction of sp³-hybridized carbons (Fsp3) is 0.583. The van der Waals surface area contributed by atoms with Crippen molar-refractivity contribution in [2.45, 2.75) is 71.9 Å². The monoisotopic (exact) mass is 398 g/mol. The molecule has 5 nitrogen and oxygen atoms in total.